The maximum Gasteiger partial charge on any atom is 0.231 e. The summed E-state index contributed by atoms with van der Waals surface area (Å²) in [5, 5.41) is 4.73. The molecule has 1 saturated heterocycles. The second-order valence-electron chi connectivity index (χ2n) is 5.93. The summed E-state index contributed by atoms with van der Waals surface area (Å²) in [5.41, 5.74) is 1.18. The highest BCUT2D eigenvalue weighted by atomic mass is 35.5. The van der Waals surface area contributed by atoms with Crippen LogP contribution in [0.15, 0.2) is 28.8 Å². The van der Waals surface area contributed by atoms with Crippen LogP contribution in [-0.2, 0) is 17.0 Å². The molecule has 0 aliphatic carbocycles. The standard InChI is InChI=1S/C17H20ClN3O2S/c1-24-11-15-19-17(23-20-15)13-4-7-16(22)21(10-13)9-8-12-2-5-14(18)6-3-12/h2-3,5-6,13H,4,7-11H2,1H3/t13-/m0/s1. The van der Waals surface area contributed by atoms with Gasteiger partial charge < -0.3 is 9.42 Å². The van der Waals surface area contributed by atoms with Gasteiger partial charge in [0.2, 0.25) is 11.8 Å². The molecule has 0 bridgehead atoms. The van der Waals surface area contributed by atoms with Gasteiger partial charge >= 0.3 is 0 Å². The van der Waals surface area contributed by atoms with E-state index in [-0.39, 0.29) is 11.8 Å². The van der Waals surface area contributed by atoms with Crippen LogP contribution in [0, 0.1) is 0 Å². The summed E-state index contributed by atoms with van der Waals surface area (Å²) in [7, 11) is 0. The van der Waals surface area contributed by atoms with Crippen molar-refractivity contribution in [2.75, 3.05) is 19.3 Å². The Labute approximate surface area is 150 Å². The molecular weight excluding hydrogens is 346 g/mol. The van der Waals surface area contributed by atoms with Gasteiger partial charge in [0, 0.05) is 24.5 Å². The Kier molecular flexibility index (Phi) is 5.79. The van der Waals surface area contributed by atoms with Gasteiger partial charge in [0.05, 0.1) is 11.7 Å². The quantitative estimate of drug-likeness (QED) is 0.783. The first kappa shape index (κ1) is 17.3. The molecule has 1 aliphatic heterocycles. The summed E-state index contributed by atoms with van der Waals surface area (Å²) in [6.45, 7) is 1.34. The molecule has 0 saturated carbocycles. The lowest BCUT2D eigenvalue weighted by Gasteiger charge is -2.31. The minimum absolute atomic E-state index is 0.135. The summed E-state index contributed by atoms with van der Waals surface area (Å²) >= 11 is 7.57. The fourth-order valence-corrected chi connectivity index (χ4v) is 3.37. The second kappa shape index (κ2) is 8.03. The number of thioether (sulfide) groups is 1. The number of nitrogens with zero attached hydrogens (tertiary/aromatic N) is 3. The molecular formula is C17H20ClN3O2S. The Morgan fingerprint density at radius 2 is 2.17 bits per heavy atom. The molecule has 7 heteroatoms. The van der Waals surface area contributed by atoms with E-state index in [4.69, 9.17) is 16.1 Å². The Hall–Kier alpha value is -1.53. The molecule has 5 nitrogen and oxygen atoms in total. The third-order valence-electron chi connectivity index (χ3n) is 4.19. The van der Waals surface area contributed by atoms with Crippen molar-refractivity contribution in [1.29, 1.82) is 0 Å². The fourth-order valence-electron chi connectivity index (χ4n) is 2.87. The molecule has 3 rings (SSSR count). The Morgan fingerprint density at radius 3 is 2.92 bits per heavy atom. The van der Waals surface area contributed by atoms with E-state index in [0.29, 0.717) is 25.4 Å². The van der Waals surface area contributed by atoms with Crippen molar-refractivity contribution in [2.45, 2.75) is 30.9 Å². The van der Waals surface area contributed by atoms with Crippen LogP contribution >= 0.6 is 23.4 Å². The monoisotopic (exact) mass is 365 g/mol. The smallest absolute Gasteiger partial charge is 0.231 e. The van der Waals surface area contributed by atoms with Crippen LogP contribution in [0.5, 0.6) is 0 Å². The molecule has 1 aliphatic rings. The summed E-state index contributed by atoms with van der Waals surface area (Å²) in [5.74, 6) is 2.46. The van der Waals surface area contributed by atoms with Crippen LogP contribution in [0.4, 0.5) is 0 Å². The molecule has 0 radical (unpaired) electrons. The molecule has 1 fully saturated rings. The number of amides is 1. The van der Waals surface area contributed by atoms with Crippen LogP contribution < -0.4 is 0 Å². The van der Waals surface area contributed by atoms with Crippen LogP contribution in [0.25, 0.3) is 0 Å². The van der Waals surface area contributed by atoms with Crippen molar-refractivity contribution in [3.8, 4) is 0 Å². The van der Waals surface area contributed by atoms with Crippen molar-refractivity contribution >= 4 is 29.3 Å². The summed E-state index contributed by atoms with van der Waals surface area (Å²) < 4.78 is 5.39. The minimum atomic E-state index is 0.135. The van der Waals surface area contributed by atoms with Gasteiger partial charge in [-0.05, 0) is 36.8 Å². The van der Waals surface area contributed by atoms with Gasteiger partial charge in [0.25, 0.3) is 0 Å². The Balaban J connectivity index is 1.60. The van der Waals surface area contributed by atoms with Gasteiger partial charge in [0.1, 0.15) is 0 Å². The molecule has 0 unspecified atom stereocenters. The topological polar surface area (TPSA) is 59.2 Å². The lowest BCUT2D eigenvalue weighted by molar-refractivity contribution is -0.133. The zero-order chi connectivity index (χ0) is 16.9. The van der Waals surface area contributed by atoms with Gasteiger partial charge in [-0.15, -0.1) is 0 Å². The van der Waals surface area contributed by atoms with E-state index in [9.17, 15) is 4.79 Å². The Morgan fingerprint density at radius 1 is 1.38 bits per heavy atom. The van der Waals surface area contributed by atoms with Crippen LogP contribution in [0.2, 0.25) is 5.02 Å². The van der Waals surface area contributed by atoms with E-state index in [2.05, 4.69) is 10.1 Å². The zero-order valence-corrected chi connectivity index (χ0v) is 15.1. The predicted molar refractivity (Wildman–Crippen MR) is 95.2 cm³/mol. The third kappa shape index (κ3) is 4.30. The van der Waals surface area contributed by atoms with Crippen molar-refractivity contribution < 1.29 is 9.32 Å². The first-order valence-corrected chi connectivity index (χ1v) is 9.76. The number of halogens is 1. The molecule has 128 valence electrons. The normalized spacial score (nSPS) is 18.2. The number of rotatable bonds is 6. The van der Waals surface area contributed by atoms with Gasteiger partial charge in [-0.2, -0.15) is 16.7 Å². The number of piperidine rings is 1. The first-order chi connectivity index (χ1) is 11.7. The maximum atomic E-state index is 12.2. The average Bonchev–Trinajstić information content (AvgIpc) is 3.05. The molecule has 1 aromatic heterocycles. The number of benzene rings is 1. The van der Waals surface area contributed by atoms with E-state index in [0.717, 1.165) is 29.4 Å². The van der Waals surface area contributed by atoms with E-state index in [1.807, 2.05) is 35.4 Å². The summed E-state index contributed by atoms with van der Waals surface area (Å²) in [6, 6.07) is 7.76. The number of carbonyl (C=O) groups excluding carboxylic acids is 1. The molecule has 2 heterocycles. The van der Waals surface area contributed by atoms with Crippen LogP contribution in [-0.4, -0.2) is 40.3 Å². The molecule has 1 atom stereocenters. The highest BCUT2D eigenvalue weighted by Crippen LogP contribution is 2.27. The van der Waals surface area contributed by atoms with E-state index < -0.39 is 0 Å². The number of hydrogen-bond donors (Lipinski definition) is 0. The van der Waals surface area contributed by atoms with Gasteiger partial charge in [-0.3, -0.25) is 4.79 Å². The van der Waals surface area contributed by atoms with Crippen molar-refractivity contribution in [1.82, 2.24) is 15.0 Å². The lowest BCUT2D eigenvalue weighted by atomic mass is 9.97. The van der Waals surface area contributed by atoms with E-state index in [1.165, 1.54) is 5.56 Å². The largest absolute Gasteiger partial charge is 0.342 e. The van der Waals surface area contributed by atoms with Gasteiger partial charge in [0.15, 0.2) is 5.82 Å². The molecule has 1 aromatic carbocycles. The Bertz CT molecular complexity index is 689. The minimum Gasteiger partial charge on any atom is -0.342 e. The molecule has 1 amide bonds. The van der Waals surface area contributed by atoms with Crippen molar-refractivity contribution in [3.63, 3.8) is 0 Å². The number of likely N-dealkylation sites (tertiary alicyclic amines) is 1. The first-order valence-electron chi connectivity index (χ1n) is 7.99. The van der Waals surface area contributed by atoms with Crippen molar-refractivity contribution in [3.05, 3.63) is 46.6 Å². The molecule has 2 aromatic rings. The zero-order valence-electron chi connectivity index (χ0n) is 13.6. The lowest BCUT2D eigenvalue weighted by Crippen LogP contribution is -2.40. The van der Waals surface area contributed by atoms with Gasteiger partial charge in [-0.25, -0.2) is 0 Å². The molecule has 0 spiro atoms. The fraction of sp³-hybridized carbons (Fsp3) is 0.471. The highest BCUT2D eigenvalue weighted by Gasteiger charge is 2.30. The summed E-state index contributed by atoms with van der Waals surface area (Å²) in [4.78, 5) is 18.6. The van der Waals surface area contributed by atoms with E-state index in [1.54, 1.807) is 11.8 Å². The average molecular weight is 366 g/mol. The predicted octanol–water partition coefficient (Wildman–Crippen LogP) is 3.53. The van der Waals surface area contributed by atoms with Crippen LogP contribution in [0.1, 0.15) is 36.0 Å². The number of aromatic nitrogens is 2. The summed E-state index contributed by atoms with van der Waals surface area (Å²) in [6.07, 6.45) is 4.13. The van der Waals surface area contributed by atoms with E-state index >= 15 is 0 Å². The maximum absolute atomic E-state index is 12.2. The van der Waals surface area contributed by atoms with Gasteiger partial charge in [-0.1, -0.05) is 28.9 Å². The van der Waals surface area contributed by atoms with Crippen LogP contribution in [0.3, 0.4) is 0 Å². The molecule has 0 N–H and O–H groups in total. The molecule has 24 heavy (non-hydrogen) atoms. The highest BCUT2D eigenvalue weighted by molar-refractivity contribution is 7.97. The number of carbonyl (C=O) groups is 1. The SMILES string of the molecule is CSCc1noc([C@H]2CCC(=O)N(CCc3ccc(Cl)cc3)C2)n1. The second-order valence-corrected chi connectivity index (χ2v) is 7.24. The van der Waals surface area contributed by atoms with Crippen molar-refractivity contribution in [2.24, 2.45) is 0 Å². The number of hydrogen-bond acceptors (Lipinski definition) is 5. The third-order valence-corrected chi connectivity index (χ3v) is 4.99.